The molecule has 1 aromatic carbocycles. The molecule has 0 fully saturated rings. The summed E-state index contributed by atoms with van der Waals surface area (Å²) in [6, 6.07) is 6.56. The summed E-state index contributed by atoms with van der Waals surface area (Å²) in [6.07, 6.45) is 4.06. The molecule has 1 unspecified atom stereocenters. The number of halogens is 1. The Hall–Kier alpha value is -1.29. The lowest BCUT2D eigenvalue weighted by molar-refractivity contribution is 0.618. The molecule has 2 N–H and O–H groups in total. The van der Waals surface area contributed by atoms with Crippen LogP contribution in [0.2, 0.25) is 0 Å². The Morgan fingerprint density at radius 2 is 2.16 bits per heavy atom. The lowest BCUT2D eigenvalue weighted by Crippen LogP contribution is -2.29. The minimum Gasteiger partial charge on any atom is -0.396 e. The third kappa shape index (κ3) is 2.84. The Balaban J connectivity index is 2.57. The van der Waals surface area contributed by atoms with Crippen molar-refractivity contribution in [1.29, 1.82) is 0 Å². The number of hydrogen-bond acceptors (Lipinski definition) is 3. The maximum atomic E-state index is 6.15. The summed E-state index contributed by atoms with van der Waals surface area (Å²) in [4.78, 5) is 6.66. The monoisotopic (exact) mass is 321 g/mol. The van der Waals surface area contributed by atoms with Crippen molar-refractivity contribution < 1.29 is 0 Å². The van der Waals surface area contributed by atoms with Crippen molar-refractivity contribution in [3.8, 4) is 0 Å². The highest BCUT2D eigenvalue weighted by Crippen LogP contribution is 2.34. The Bertz CT molecular complexity index is 578. The predicted octanol–water partition coefficient (Wildman–Crippen LogP) is 4.20. The summed E-state index contributed by atoms with van der Waals surface area (Å²) in [7, 11) is 2.10. The second-order valence-corrected chi connectivity index (χ2v) is 5.89. The van der Waals surface area contributed by atoms with Gasteiger partial charge >= 0.3 is 0 Å². The SMILES string of the molecule is CCCC(C)N(C)c1c(N)cnc2ccc(Br)cc12. The van der Waals surface area contributed by atoms with Crippen LogP contribution in [0.3, 0.4) is 0 Å². The van der Waals surface area contributed by atoms with Gasteiger partial charge in [-0.2, -0.15) is 0 Å². The van der Waals surface area contributed by atoms with Gasteiger partial charge in [0.15, 0.2) is 0 Å². The molecule has 1 heterocycles. The lowest BCUT2D eigenvalue weighted by atomic mass is 10.1. The molecule has 0 aliphatic carbocycles. The highest BCUT2D eigenvalue weighted by Gasteiger charge is 2.16. The largest absolute Gasteiger partial charge is 0.396 e. The molecule has 4 heteroatoms. The number of aromatic nitrogens is 1. The van der Waals surface area contributed by atoms with E-state index in [0.29, 0.717) is 6.04 Å². The Morgan fingerprint density at radius 3 is 2.84 bits per heavy atom. The van der Waals surface area contributed by atoms with E-state index in [-0.39, 0.29) is 0 Å². The first kappa shape index (κ1) is 14.1. The van der Waals surface area contributed by atoms with Crippen LogP contribution < -0.4 is 10.6 Å². The van der Waals surface area contributed by atoms with Gasteiger partial charge in [-0.25, -0.2) is 0 Å². The molecule has 0 spiro atoms. The minimum absolute atomic E-state index is 0.455. The molecule has 0 amide bonds. The molecule has 0 saturated heterocycles. The smallest absolute Gasteiger partial charge is 0.0745 e. The number of hydrogen-bond donors (Lipinski definition) is 1. The number of fused-ring (bicyclic) bond motifs is 1. The van der Waals surface area contributed by atoms with E-state index in [4.69, 9.17) is 5.73 Å². The molecule has 102 valence electrons. The molecule has 1 aromatic heterocycles. The van der Waals surface area contributed by atoms with Gasteiger partial charge in [0.25, 0.3) is 0 Å². The van der Waals surface area contributed by atoms with Crippen LogP contribution in [0.25, 0.3) is 10.9 Å². The van der Waals surface area contributed by atoms with E-state index < -0.39 is 0 Å². The first-order valence-corrected chi connectivity index (χ1v) is 7.40. The van der Waals surface area contributed by atoms with Gasteiger partial charge in [-0.3, -0.25) is 4.98 Å². The number of benzene rings is 1. The molecule has 2 aromatic rings. The third-order valence-corrected chi connectivity index (χ3v) is 4.04. The number of nitrogens with two attached hydrogens (primary N) is 1. The highest BCUT2D eigenvalue weighted by molar-refractivity contribution is 9.10. The second-order valence-electron chi connectivity index (χ2n) is 4.97. The number of anilines is 2. The molecule has 19 heavy (non-hydrogen) atoms. The first-order chi connectivity index (χ1) is 9.04. The van der Waals surface area contributed by atoms with E-state index in [1.165, 1.54) is 0 Å². The summed E-state index contributed by atoms with van der Waals surface area (Å²) in [5, 5.41) is 1.10. The molecule has 2 rings (SSSR count). The van der Waals surface area contributed by atoms with Gasteiger partial charge in [-0.05, 0) is 31.5 Å². The van der Waals surface area contributed by atoms with Crippen LogP contribution >= 0.6 is 15.9 Å². The van der Waals surface area contributed by atoms with Crippen molar-refractivity contribution in [3.63, 3.8) is 0 Å². The van der Waals surface area contributed by atoms with Crippen LogP contribution in [0.4, 0.5) is 11.4 Å². The number of pyridine rings is 1. The fraction of sp³-hybridized carbons (Fsp3) is 0.400. The van der Waals surface area contributed by atoms with E-state index in [2.05, 4.69) is 52.8 Å². The van der Waals surface area contributed by atoms with Crippen molar-refractivity contribution in [2.45, 2.75) is 32.7 Å². The van der Waals surface area contributed by atoms with Gasteiger partial charge in [-0.1, -0.05) is 29.3 Å². The van der Waals surface area contributed by atoms with E-state index in [1.807, 2.05) is 12.1 Å². The zero-order chi connectivity index (χ0) is 14.0. The van der Waals surface area contributed by atoms with Crippen LogP contribution in [-0.4, -0.2) is 18.1 Å². The summed E-state index contributed by atoms with van der Waals surface area (Å²) >= 11 is 3.52. The summed E-state index contributed by atoms with van der Waals surface area (Å²) in [5.41, 5.74) is 8.94. The van der Waals surface area contributed by atoms with Crippen molar-refractivity contribution in [2.75, 3.05) is 17.7 Å². The molecule has 0 bridgehead atoms. The highest BCUT2D eigenvalue weighted by atomic mass is 79.9. The zero-order valence-corrected chi connectivity index (χ0v) is 13.2. The molecule has 0 radical (unpaired) electrons. The average Bonchev–Trinajstić information content (AvgIpc) is 2.38. The Morgan fingerprint density at radius 1 is 1.42 bits per heavy atom. The predicted molar refractivity (Wildman–Crippen MR) is 86.6 cm³/mol. The summed E-state index contributed by atoms with van der Waals surface area (Å²) in [6.45, 7) is 4.43. The molecule has 0 aliphatic rings. The summed E-state index contributed by atoms with van der Waals surface area (Å²) in [5.74, 6) is 0. The summed E-state index contributed by atoms with van der Waals surface area (Å²) < 4.78 is 1.05. The Kier molecular flexibility index (Phi) is 4.30. The van der Waals surface area contributed by atoms with Gasteiger partial charge in [0, 0.05) is 22.9 Å². The van der Waals surface area contributed by atoms with Gasteiger partial charge < -0.3 is 10.6 Å². The van der Waals surface area contributed by atoms with Gasteiger partial charge in [-0.15, -0.1) is 0 Å². The molecule has 3 nitrogen and oxygen atoms in total. The number of rotatable bonds is 4. The molecule has 0 saturated carbocycles. The quantitative estimate of drug-likeness (QED) is 0.917. The topological polar surface area (TPSA) is 42.1 Å². The standard InChI is InChI=1S/C15H20BrN3/c1-4-5-10(2)19(3)15-12-8-11(16)6-7-14(12)18-9-13(15)17/h6-10H,4-5,17H2,1-3H3. The molecule has 1 atom stereocenters. The molecular formula is C15H20BrN3. The van der Waals surface area contributed by atoms with Crippen LogP contribution in [-0.2, 0) is 0 Å². The van der Waals surface area contributed by atoms with Crippen LogP contribution in [0.1, 0.15) is 26.7 Å². The van der Waals surface area contributed by atoms with Crippen molar-refractivity contribution in [1.82, 2.24) is 4.98 Å². The molecule has 0 aliphatic heterocycles. The average molecular weight is 322 g/mol. The maximum Gasteiger partial charge on any atom is 0.0745 e. The van der Waals surface area contributed by atoms with E-state index in [1.54, 1.807) is 6.20 Å². The third-order valence-electron chi connectivity index (χ3n) is 3.55. The van der Waals surface area contributed by atoms with E-state index in [9.17, 15) is 0 Å². The fourth-order valence-corrected chi connectivity index (χ4v) is 2.75. The second kappa shape index (κ2) is 5.78. The van der Waals surface area contributed by atoms with Gasteiger partial charge in [0.1, 0.15) is 0 Å². The first-order valence-electron chi connectivity index (χ1n) is 6.61. The van der Waals surface area contributed by atoms with Crippen molar-refractivity contribution in [3.05, 3.63) is 28.9 Å². The number of nitrogens with zero attached hydrogens (tertiary/aromatic N) is 2. The lowest BCUT2D eigenvalue weighted by Gasteiger charge is -2.29. The van der Waals surface area contributed by atoms with Gasteiger partial charge in [0.05, 0.1) is 23.1 Å². The maximum absolute atomic E-state index is 6.15. The normalized spacial score (nSPS) is 12.6. The Labute approximate surface area is 122 Å². The van der Waals surface area contributed by atoms with E-state index >= 15 is 0 Å². The van der Waals surface area contributed by atoms with Crippen LogP contribution in [0.15, 0.2) is 28.9 Å². The van der Waals surface area contributed by atoms with Crippen molar-refractivity contribution in [2.24, 2.45) is 0 Å². The van der Waals surface area contributed by atoms with Crippen LogP contribution in [0, 0.1) is 0 Å². The zero-order valence-electron chi connectivity index (χ0n) is 11.7. The van der Waals surface area contributed by atoms with E-state index in [0.717, 1.165) is 39.6 Å². The fourth-order valence-electron chi connectivity index (χ4n) is 2.39. The minimum atomic E-state index is 0.455. The van der Waals surface area contributed by atoms with Crippen molar-refractivity contribution >= 4 is 38.2 Å². The van der Waals surface area contributed by atoms with Gasteiger partial charge in [0.2, 0.25) is 0 Å². The molecular weight excluding hydrogens is 302 g/mol. The van der Waals surface area contributed by atoms with Crippen LogP contribution in [0.5, 0.6) is 0 Å². The number of nitrogen functional groups attached to an aromatic ring is 1.